The molecule has 0 spiro atoms. The molecule has 1 aromatic carbocycles. The van der Waals surface area contributed by atoms with Crippen LogP contribution in [0.4, 0.5) is 0 Å². The van der Waals surface area contributed by atoms with Crippen molar-refractivity contribution in [2.45, 2.75) is 32.6 Å². The third-order valence-corrected chi connectivity index (χ3v) is 3.97. The molecule has 1 rings (SSSR count). The third-order valence-electron chi connectivity index (χ3n) is 2.52. The summed E-state index contributed by atoms with van der Waals surface area (Å²) in [6.45, 7) is 2.01. The number of hydrogen-bond donors (Lipinski definition) is 0. The number of rotatable bonds is 6. The summed E-state index contributed by atoms with van der Waals surface area (Å²) in [4.78, 5) is 11.8. The van der Waals surface area contributed by atoms with E-state index in [-0.39, 0.29) is 5.78 Å². The van der Waals surface area contributed by atoms with Crippen LogP contribution in [-0.4, -0.2) is 11.1 Å². The standard InChI is InChI=1S/C13H16Br2O/c1-10-9-11(6-7-12(10)15)13(16)5-3-2-4-8-14/h6-7,9H,2-5,8H2,1H3. The van der Waals surface area contributed by atoms with Crippen molar-refractivity contribution in [3.8, 4) is 0 Å². The van der Waals surface area contributed by atoms with E-state index in [4.69, 9.17) is 0 Å². The molecule has 0 atom stereocenters. The topological polar surface area (TPSA) is 17.1 Å². The first-order chi connectivity index (χ1) is 7.65. The van der Waals surface area contributed by atoms with Gasteiger partial charge in [0.05, 0.1) is 0 Å². The van der Waals surface area contributed by atoms with Gasteiger partial charge in [-0.1, -0.05) is 44.3 Å². The second kappa shape index (κ2) is 7.23. The summed E-state index contributed by atoms with van der Waals surface area (Å²) < 4.78 is 1.06. The third kappa shape index (κ3) is 4.38. The van der Waals surface area contributed by atoms with Crippen LogP contribution in [0.15, 0.2) is 22.7 Å². The summed E-state index contributed by atoms with van der Waals surface area (Å²) in [5.74, 6) is 0.255. The van der Waals surface area contributed by atoms with Crippen molar-refractivity contribution in [3.63, 3.8) is 0 Å². The highest BCUT2D eigenvalue weighted by Crippen LogP contribution is 2.18. The Morgan fingerprint density at radius 3 is 2.62 bits per heavy atom. The molecule has 0 aromatic heterocycles. The summed E-state index contributed by atoms with van der Waals surface area (Å²) in [7, 11) is 0. The van der Waals surface area contributed by atoms with Gasteiger partial charge in [0, 0.05) is 21.8 Å². The van der Waals surface area contributed by atoms with Crippen LogP contribution in [0.3, 0.4) is 0 Å². The maximum Gasteiger partial charge on any atom is 0.162 e. The molecule has 0 saturated carbocycles. The molecule has 1 aromatic rings. The van der Waals surface area contributed by atoms with Gasteiger partial charge in [-0.05, 0) is 37.5 Å². The molecule has 0 amide bonds. The average Bonchev–Trinajstić information content (AvgIpc) is 2.28. The SMILES string of the molecule is Cc1cc(C(=O)CCCCCBr)ccc1Br. The lowest BCUT2D eigenvalue weighted by Gasteiger charge is -2.03. The Kier molecular flexibility index (Phi) is 6.29. The Hall–Kier alpha value is -0.150. The van der Waals surface area contributed by atoms with Crippen LogP contribution < -0.4 is 0 Å². The van der Waals surface area contributed by atoms with Crippen LogP contribution in [0.1, 0.15) is 41.6 Å². The molecular weight excluding hydrogens is 332 g/mol. The van der Waals surface area contributed by atoms with Crippen molar-refractivity contribution < 1.29 is 4.79 Å². The van der Waals surface area contributed by atoms with Crippen LogP contribution in [0.2, 0.25) is 0 Å². The maximum absolute atomic E-state index is 11.8. The lowest BCUT2D eigenvalue weighted by atomic mass is 10.0. The van der Waals surface area contributed by atoms with Crippen molar-refractivity contribution in [1.82, 2.24) is 0 Å². The van der Waals surface area contributed by atoms with Gasteiger partial charge in [-0.15, -0.1) is 0 Å². The number of alkyl halides is 1. The molecular formula is C13H16Br2O. The molecule has 16 heavy (non-hydrogen) atoms. The molecule has 88 valence electrons. The summed E-state index contributed by atoms with van der Waals surface area (Å²) in [5, 5.41) is 1.03. The molecule has 0 heterocycles. The lowest BCUT2D eigenvalue weighted by Crippen LogP contribution is -1.99. The average molecular weight is 348 g/mol. The maximum atomic E-state index is 11.8. The zero-order valence-corrected chi connectivity index (χ0v) is 12.6. The molecule has 0 aliphatic rings. The number of unbranched alkanes of at least 4 members (excludes halogenated alkanes) is 2. The fraction of sp³-hybridized carbons (Fsp3) is 0.462. The first-order valence-electron chi connectivity index (χ1n) is 5.50. The highest BCUT2D eigenvalue weighted by Gasteiger charge is 2.06. The Morgan fingerprint density at radius 1 is 1.25 bits per heavy atom. The van der Waals surface area contributed by atoms with Crippen LogP contribution >= 0.6 is 31.9 Å². The van der Waals surface area contributed by atoms with Gasteiger partial charge in [0.15, 0.2) is 5.78 Å². The highest BCUT2D eigenvalue weighted by molar-refractivity contribution is 9.10. The monoisotopic (exact) mass is 346 g/mol. The fourth-order valence-electron chi connectivity index (χ4n) is 1.52. The van der Waals surface area contributed by atoms with E-state index in [9.17, 15) is 4.79 Å². The second-order valence-electron chi connectivity index (χ2n) is 3.89. The normalized spacial score (nSPS) is 10.4. The van der Waals surface area contributed by atoms with E-state index >= 15 is 0 Å². The zero-order valence-electron chi connectivity index (χ0n) is 9.43. The molecule has 0 radical (unpaired) electrons. The van der Waals surface area contributed by atoms with Gasteiger partial charge in [0.25, 0.3) is 0 Å². The lowest BCUT2D eigenvalue weighted by molar-refractivity contribution is 0.0979. The van der Waals surface area contributed by atoms with E-state index in [0.717, 1.165) is 40.2 Å². The van der Waals surface area contributed by atoms with Crippen molar-refractivity contribution in [3.05, 3.63) is 33.8 Å². The zero-order chi connectivity index (χ0) is 12.0. The van der Waals surface area contributed by atoms with Gasteiger partial charge in [-0.25, -0.2) is 0 Å². The summed E-state index contributed by atoms with van der Waals surface area (Å²) in [6, 6.07) is 5.79. The fourth-order valence-corrected chi connectivity index (χ4v) is 2.16. The van der Waals surface area contributed by atoms with Crippen molar-refractivity contribution in [2.75, 3.05) is 5.33 Å². The van der Waals surface area contributed by atoms with Gasteiger partial charge in [0.1, 0.15) is 0 Å². The quantitative estimate of drug-likeness (QED) is 0.406. The predicted octanol–water partition coefficient (Wildman–Crippen LogP) is 4.90. The van der Waals surface area contributed by atoms with E-state index < -0.39 is 0 Å². The minimum Gasteiger partial charge on any atom is -0.294 e. The largest absolute Gasteiger partial charge is 0.294 e. The number of aryl methyl sites for hydroxylation is 1. The molecule has 1 nitrogen and oxygen atoms in total. The Labute approximate surface area is 114 Å². The number of carbonyl (C=O) groups excluding carboxylic acids is 1. The molecule has 0 bridgehead atoms. The minimum atomic E-state index is 0.255. The number of Topliss-reactive ketones (excluding diaryl/α,β-unsaturated/α-hetero) is 1. The van der Waals surface area contributed by atoms with E-state index in [1.165, 1.54) is 0 Å². The summed E-state index contributed by atoms with van der Waals surface area (Å²) >= 11 is 6.82. The van der Waals surface area contributed by atoms with Gasteiger partial charge in [-0.3, -0.25) is 4.79 Å². The van der Waals surface area contributed by atoms with Gasteiger partial charge in [0.2, 0.25) is 0 Å². The van der Waals surface area contributed by atoms with Crippen molar-refractivity contribution >= 4 is 37.6 Å². The van der Waals surface area contributed by atoms with E-state index in [0.29, 0.717) is 6.42 Å². The van der Waals surface area contributed by atoms with Gasteiger partial charge >= 0.3 is 0 Å². The molecule has 0 aliphatic carbocycles. The predicted molar refractivity (Wildman–Crippen MR) is 75.5 cm³/mol. The molecule has 0 aliphatic heterocycles. The molecule has 0 fully saturated rings. The Balaban J connectivity index is 2.50. The molecule has 0 unspecified atom stereocenters. The van der Waals surface area contributed by atoms with E-state index in [1.807, 2.05) is 25.1 Å². The number of benzene rings is 1. The highest BCUT2D eigenvalue weighted by atomic mass is 79.9. The van der Waals surface area contributed by atoms with Crippen LogP contribution in [0.5, 0.6) is 0 Å². The van der Waals surface area contributed by atoms with E-state index in [2.05, 4.69) is 31.9 Å². The first kappa shape index (κ1) is 13.9. The number of halogens is 2. The number of carbonyl (C=O) groups is 1. The Morgan fingerprint density at radius 2 is 2.00 bits per heavy atom. The first-order valence-corrected chi connectivity index (χ1v) is 7.42. The second-order valence-corrected chi connectivity index (χ2v) is 5.53. The molecule has 3 heteroatoms. The van der Waals surface area contributed by atoms with Crippen LogP contribution in [0, 0.1) is 6.92 Å². The smallest absolute Gasteiger partial charge is 0.162 e. The molecule has 0 N–H and O–H groups in total. The minimum absolute atomic E-state index is 0.255. The number of ketones is 1. The summed E-state index contributed by atoms with van der Waals surface area (Å²) in [6.07, 6.45) is 3.91. The van der Waals surface area contributed by atoms with Crippen LogP contribution in [0.25, 0.3) is 0 Å². The van der Waals surface area contributed by atoms with Gasteiger partial charge in [-0.2, -0.15) is 0 Å². The Bertz CT molecular complexity index is 361. The summed E-state index contributed by atoms with van der Waals surface area (Å²) in [5.41, 5.74) is 1.95. The van der Waals surface area contributed by atoms with Crippen molar-refractivity contribution in [2.24, 2.45) is 0 Å². The van der Waals surface area contributed by atoms with Crippen LogP contribution in [-0.2, 0) is 0 Å². The van der Waals surface area contributed by atoms with E-state index in [1.54, 1.807) is 0 Å². The number of hydrogen-bond acceptors (Lipinski definition) is 1. The van der Waals surface area contributed by atoms with Crippen molar-refractivity contribution in [1.29, 1.82) is 0 Å². The molecule has 0 saturated heterocycles. The van der Waals surface area contributed by atoms with Gasteiger partial charge < -0.3 is 0 Å².